The van der Waals surface area contributed by atoms with Gasteiger partial charge in [-0.3, -0.25) is 4.79 Å². The summed E-state index contributed by atoms with van der Waals surface area (Å²) in [5.41, 5.74) is 1.21. The lowest BCUT2D eigenvalue weighted by molar-refractivity contribution is -0.274. The van der Waals surface area contributed by atoms with E-state index in [0.29, 0.717) is 21.7 Å². The Labute approximate surface area is 212 Å². The molecule has 0 aliphatic rings. The van der Waals surface area contributed by atoms with Gasteiger partial charge in [-0.2, -0.15) is 0 Å². The molecule has 4 aromatic rings. The van der Waals surface area contributed by atoms with E-state index in [4.69, 9.17) is 21.4 Å². The highest BCUT2D eigenvalue weighted by Gasteiger charge is 2.32. The van der Waals surface area contributed by atoms with Gasteiger partial charge in [0, 0.05) is 39.5 Å². The molecule has 0 radical (unpaired) electrons. The fraction of sp³-hybridized carbons (Fsp3) is 0.154. The van der Waals surface area contributed by atoms with Gasteiger partial charge in [-0.25, -0.2) is 9.18 Å². The zero-order valence-electron chi connectivity index (χ0n) is 19.3. The molecule has 0 bridgehead atoms. The molecule has 37 heavy (non-hydrogen) atoms. The monoisotopic (exact) mass is 535 g/mol. The first-order chi connectivity index (χ1) is 17.4. The molecule has 0 fully saturated rings. The van der Waals surface area contributed by atoms with Crippen molar-refractivity contribution in [2.45, 2.75) is 26.3 Å². The van der Waals surface area contributed by atoms with Gasteiger partial charge in [0.15, 0.2) is 23.5 Å². The van der Waals surface area contributed by atoms with Crippen LogP contribution in [0.4, 0.5) is 17.6 Å². The normalized spacial score (nSPS) is 12.4. The summed E-state index contributed by atoms with van der Waals surface area (Å²) in [6.07, 6.45) is -6.33. The fourth-order valence-corrected chi connectivity index (χ4v) is 4.05. The van der Waals surface area contributed by atoms with Crippen molar-refractivity contribution in [1.29, 1.82) is 0 Å². The molecular formula is C26H18ClF4NO5. The quantitative estimate of drug-likeness (QED) is 0.210. The number of halogens is 5. The van der Waals surface area contributed by atoms with E-state index in [1.54, 1.807) is 6.92 Å². The Morgan fingerprint density at radius 3 is 2.32 bits per heavy atom. The van der Waals surface area contributed by atoms with Crippen molar-refractivity contribution in [3.63, 3.8) is 0 Å². The number of nitrogens with zero attached hydrogens (tertiary/aromatic N) is 1. The van der Waals surface area contributed by atoms with Crippen molar-refractivity contribution in [2.24, 2.45) is 0 Å². The topological polar surface area (TPSA) is 77.8 Å². The SMILES string of the molecule is Cc1c(C(=O)c2ccc(Cl)cc2)c2ccc(OC(F)(F)F)cc2n1-c1ccc(F)c(OC(C)C(=O)O)c1. The summed E-state index contributed by atoms with van der Waals surface area (Å²) in [6.45, 7) is 2.80. The number of carboxylic acid groups (broad SMARTS) is 1. The lowest BCUT2D eigenvalue weighted by Crippen LogP contribution is -2.23. The first-order valence-electron chi connectivity index (χ1n) is 10.8. The summed E-state index contributed by atoms with van der Waals surface area (Å²) in [5, 5.41) is 9.85. The maximum absolute atomic E-state index is 14.4. The summed E-state index contributed by atoms with van der Waals surface area (Å²) in [6, 6.07) is 13.2. The summed E-state index contributed by atoms with van der Waals surface area (Å²) in [5.74, 6) is -3.49. The fourth-order valence-electron chi connectivity index (χ4n) is 3.92. The van der Waals surface area contributed by atoms with Crippen LogP contribution in [0.25, 0.3) is 16.6 Å². The number of aliphatic carboxylic acids is 1. The molecule has 3 aromatic carbocycles. The standard InChI is InChI=1S/C26H18ClF4NO5/c1-13-23(24(33)15-3-5-16(27)6-4-15)19-9-8-18(37-26(29,30)31)12-21(19)32(13)17-7-10-20(28)22(11-17)36-14(2)25(34)35/h3-12,14H,1-2H3,(H,34,35). The number of carbonyl (C=O) groups excluding carboxylic acids is 1. The van der Waals surface area contributed by atoms with Crippen LogP contribution in [0.5, 0.6) is 11.5 Å². The first-order valence-corrected chi connectivity index (χ1v) is 11.1. The van der Waals surface area contributed by atoms with Crippen molar-refractivity contribution in [2.75, 3.05) is 0 Å². The second kappa shape index (κ2) is 9.78. The third-order valence-corrected chi connectivity index (χ3v) is 5.82. The van der Waals surface area contributed by atoms with Crippen molar-refractivity contribution in [3.8, 4) is 17.2 Å². The third-order valence-electron chi connectivity index (χ3n) is 5.57. The van der Waals surface area contributed by atoms with E-state index < -0.39 is 35.8 Å². The van der Waals surface area contributed by atoms with E-state index in [1.165, 1.54) is 54.0 Å². The Hall–Kier alpha value is -4.05. The highest BCUT2D eigenvalue weighted by molar-refractivity contribution is 6.30. The predicted octanol–water partition coefficient (Wildman–Crippen LogP) is 6.71. The molecule has 1 atom stereocenters. The van der Waals surface area contributed by atoms with Crippen LogP contribution in [0.15, 0.2) is 60.7 Å². The van der Waals surface area contributed by atoms with Gasteiger partial charge >= 0.3 is 12.3 Å². The number of fused-ring (bicyclic) bond motifs is 1. The van der Waals surface area contributed by atoms with Crippen molar-refractivity contribution >= 4 is 34.3 Å². The first kappa shape index (κ1) is 26.0. The van der Waals surface area contributed by atoms with Crippen LogP contribution in [-0.2, 0) is 4.79 Å². The summed E-state index contributed by atoms with van der Waals surface area (Å²) >= 11 is 5.93. The number of alkyl halides is 3. The molecular weight excluding hydrogens is 518 g/mol. The highest BCUT2D eigenvalue weighted by atomic mass is 35.5. The van der Waals surface area contributed by atoms with Crippen LogP contribution in [0.3, 0.4) is 0 Å². The molecule has 11 heteroatoms. The minimum absolute atomic E-state index is 0.167. The molecule has 4 rings (SSSR count). The predicted molar refractivity (Wildman–Crippen MR) is 127 cm³/mol. The van der Waals surface area contributed by atoms with Gasteiger partial charge in [0.1, 0.15) is 5.75 Å². The molecule has 0 saturated heterocycles. The van der Waals surface area contributed by atoms with Crippen LogP contribution in [0, 0.1) is 12.7 Å². The van der Waals surface area contributed by atoms with E-state index in [0.717, 1.165) is 18.2 Å². The van der Waals surface area contributed by atoms with Gasteiger partial charge < -0.3 is 19.1 Å². The smallest absolute Gasteiger partial charge is 0.479 e. The number of carboxylic acids is 1. The van der Waals surface area contributed by atoms with E-state index in [9.17, 15) is 27.2 Å². The number of ether oxygens (including phenoxy) is 2. The largest absolute Gasteiger partial charge is 0.573 e. The number of aromatic nitrogens is 1. The van der Waals surface area contributed by atoms with Crippen LogP contribution in [0.2, 0.25) is 5.02 Å². The van der Waals surface area contributed by atoms with E-state index >= 15 is 0 Å². The second-order valence-corrected chi connectivity index (χ2v) is 8.51. The minimum Gasteiger partial charge on any atom is -0.479 e. The number of rotatable bonds is 7. The van der Waals surface area contributed by atoms with Crippen LogP contribution in [-0.4, -0.2) is 33.9 Å². The zero-order chi connectivity index (χ0) is 27.1. The molecule has 1 unspecified atom stereocenters. The van der Waals surface area contributed by atoms with Crippen LogP contribution in [0.1, 0.15) is 28.5 Å². The second-order valence-electron chi connectivity index (χ2n) is 8.07. The maximum Gasteiger partial charge on any atom is 0.573 e. The molecule has 0 amide bonds. The van der Waals surface area contributed by atoms with Gasteiger partial charge in [-0.1, -0.05) is 11.6 Å². The molecule has 1 aromatic heterocycles. The number of hydrogen-bond donors (Lipinski definition) is 1. The number of ketones is 1. The Morgan fingerprint density at radius 2 is 1.70 bits per heavy atom. The number of benzene rings is 3. The van der Waals surface area contributed by atoms with Crippen molar-refractivity contribution < 1.29 is 41.7 Å². The average molecular weight is 536 g/mol. The van der Waals surface area contributed by atoms with E-state index in [-0.39, 0.29) is 22.5 Å². The zero-order valence-corrected chi connectivity index (χ0v) is 20.0. The van der Waals surface area contributed by atoms with Crippen LogP contribution < -0.4 is 9.47 Å². The molecule has 0 saturated carbocycles. The van der Waals surface area contributed by atoms with Gasteiger partial charge in [-0.05, 0) is 62.4 Å². The third kappa shape index (κ3) is 5.39. The molecule has 1 heterocycles. The summed E-state index contributed by atoms with van der Waals surface area (Å²) < 4.78 is 63.9. The van der Waals surface area contributed by atoms with E-state index in [2.05, 4.69) is 4.74 Å². The molecule has 0 aliphatic heterocycles. The molecule has 1 N–H and O–H groups in total. The van der Waals surface area contributed by atoms with Crippen molar-refractivity contribution in [1.82, 2.24) is 4.57 Å². The summed E-state index contributed by atoms with van der Waals surface area (Å²) in [7, 11) is 0. The Morgan fingerprint density at radius 1 is 1.03 bits per heavy atom. The molecule has 0 aliphatic carbocycles. The van der Waals surface area contributed by atoms with Crippen molar-refractivity contribution in [3.05, 3.63) is 88.3 Å². The molecule has 0 spiro atoms. The average Bonchev–Trinajstić information content (AvgIpc) is 3.10. The highest BCUT2D eigenvalue weighted by Crippen LogP contribution is 2.36. The number of carbonyl (C=O) groups is 2. The maximum atomic E-state index is 14.4. The summed E-state index contributed by atoms with van der Waals surface area (Å²) in [4.78, 5) is 24.7. The Kier molecular flexibility index (Phi) is 6.88. The van der Waals surface area contributed by atoms with Gasteiger partial charge in [-0.15, -0.1) is 13.2 Å². The Bertz CT molecular complexity index is 1510. The van der Waals surface area contributed by atoms with Crippen LogP contribution >= 0.6 is 11.6 Å². The lowest BCUT2D eigenvalue weighted by atomic mass is 10.0. The number of hydrogen-bond acceptors (Lipinski definition) is 4. The van der Waals surface area contributed by atoms with E-state index in [1.807, 2.05) is 0 Å². The molecule has 192 valence electrons. The molecule has 6 nitrogen and oxygen atoms in total. The van der Waals surface area contributed by atoms with Gasteiger partial charge in [0.05, 0.1) is 11.1 Å². The minimum atomic E-state index is -4.95. The Balaban J connectivity index is 1.94. The van der Waals surface area contributed by atoms with Gasteiger partial charge in [0.25, 0.3) is 0 Å². The van der Waals surface area contributed by atoms with Gasteiger partial charge in [0.2, 0.25) is 0 Å². The lowest BCUT2D eigenvalue weighted by Gasteiger charge is -2.15.